The minimum Gasteiger partial charge on any atom is -0.360 e. The molecule has 2 saturated heterocycles. The molecule has 0 radical (unpaired) electrons. The van der Waals surface area contributed by atoms with Crippen LogP contribution in [0.3, 0.4) is 0 Å². The Balaban J connectivity index is 1.29. The van der Waals surface area contributed by atoms with Crippen LogP contribution in [0.1, 0.15) is 47.5 Å². The lowest BCUT2D eigenvalue weighted by Gasteiger charge is -2.37. The summed E-state index contributed by atoms with van der Waals surface area (Å²) in [6, 6.07) is 0. The molecular weight excluding hydrogens is 460 g/mol. The molecule has 12 heteroatoms. The highest BCUT2D eigenvalue weighted by atomic mass is 32.2. The number of rotatable bonds is 6. The minimum atomic E-state index is -3.76. The van der Waals surface area contributed by atoms with Gasteiger partial charge in [-0.25, -0.2) is 8.42 Å². The lowest BCUT2D eigenvalue weighted by Crippen LogP contribution is -2.49. The number of amides is 2. The van der Waals surface area contributed by atoms with Crippen LogP contribution in [-0.4, -0.2) is 77.1 Å². The second-order valence-corrected chi connectivity index (χ2v) is 11.1. The van der Waals surface area contributed by atoms with Crippen LogP contribution in [0.4, 0.5) is 0 Å². The molecule has 2 fully saturated rings. The number of nitrogens with zero attached hydrogens (tertiary/aromatic N) is 5. The van der Waals surface area contributed by atoms with Crippen LogP contribution in [0.2, 0.25) is 0 Å². The van der Waals surface area contributed by atoms with Crippen LogP contribution in [0, 0.1) is 25.7 Å². The van der Waals surface area contributed by atoms with E-state index in [4.69, 9.17) is 4.52 Å². The predicted molar refractivity (Wildman–Crippen MR) is 122 cm³/mol. The number of hydrogen-bond acceptors (Lipinski definition) is 7. The zero-order valence-corrected chi connectivity index (χ0v) is 20.7. The van der Waals surface area contributed by atoms with Gasteiger partial charge in [0.15, 0.2) is 5.76 Å². The summed E-state index contributed by atoms with van der Waals surface area (Å²) in [6.45, 7) is 5.53. The number of piperidine rings is 2. The summed E-state index contributed by atoms with van der Waals surface area (Å²) in [5.41, 5.74) is 0.868. The first-order valence-corrected chi connectivity index (χ1v) is 13.1. The molecule has 2 amide bonds. The number of sulfonamides is 1. The van der Waals surface area contributed by atoms with Crippen molar-refractivity contribution >= 4 is 21.8 Å². The number of carbonyl (C=O) groups is 2. The van der Waals surface area contributed by atoms with E-state index in [0.29, 0.717) is 56.2 Å². The zero-order chi connectivity index (χ0) is 24.5. The number of hydrogen-bond donors (Lipinski definition) is 1. The maximum absolute atomic E-state index is 13.2. The summed E-state index contributed by atoms with van der Waals surface area (Å²) < 4.78 is 34.4. The molecule has 0 bridgehead atoms. The van der Waals surface area contributed by atoms with Crippen LogP contribution < -0.4 is 5.32 Å². The molecule has 4 rings (SSSR count). The first-order valence-electron chi connectivity index (χ1n) is 11.7. The van der Waals surface area contributed by atoms with E-state index in [2.05, 4.69) is 15.6 Å². The van der Waals surface area contributed by atoms with Gasteiger partial charge in [0.25, 0.3) is 5.91 Å². The SMILES string of the molecule is Cc1noc(C)c1S(=O)(=O)N1CCCC(C(=O)N2CCC(CNC(=O)c3cnn(C)c3)CC2)C1. The van der Waals surface area contributed by atoms with Crippen LogP contribution in [0.25, 0.3) is 0 Å². The Morgan fingerprint density at radius 2 is 1.91 bits per heavy atom. The fraction of sp³-hybridized carbons (Fsp3) is 0.636. The van der Waals surface area contributed by atoms with Gasteiger partial charge in [-0.15, -0.1) is 0 Å². The molecule has 0 saturated carbocycles. The lowest BCUT2D eigenvalue weighted by atomic mass is 9.93. The van der Waals surface area contributed by atoms with Crippen molar-refractivity contribution in [2.24, 2.45) is 18.9 Å². The topological polar surface area (TPSA) is 131 Å². The smallest absolute Gasteiger partial charge is 0.254 e. The van der Waals surface area contributed by atoms with Crippen molar-refractivity contribution in [2.75, 3.05) is 32.7 Å². The highest BCUT2D eigenvalue weighted by molar-refractivity contribution is 7.89. The van der Waals surface area contributed by atoms with E-state index in [-0.39, 0.29) is 34.9 Å². The molecule has 0 spiro atoms. The molecule has 1 atom stereocenters. The molecule has 186 valence electrons. The average Bonchev–Trinajstić information content (AvgIpc) is 3.42. The van der Waals surface area contributed by atoms with Gasteiger partial charge in [0, 0.05) is 46.0 Å². The third kappa shape index (κ3) is 5.02. The van der Waals surface area contributed by atoms with Crippen LogP contribution >= 0.6 is 0 Å². The van der Waals surface area contributed by atoms with Gasteiger partial charge in [-0.3, -0.25) is 14.3 Å². The molecule has 1 N–H and O–H groups in total. The standard InChI is InChI=1S/C22H32N6O5S/c1-15-20(16(2)33-25-15)34(31,32)28-8-4-5-18(14-28)22(30)27-9-6-17(7-10-27)11-23-21(29)19-12-24-26(3)13-19/h12-13,17-18H,4-11,14H2,1-3H3,(H,23,29). The molecule has 2 aliphatic heterocycles. The third-order valence-corrected chi connectivity index (χ3v) is 8.85. The molecule has 1 unspecified atom stereocenters. The van der Waals surface area contributed by atoms with E-state index >= 15 is 0 Å². The largest absolute Gasteiger partial charge is 0.360 e. The number of aryl methyl sites for hydroxylation is 3. The van der Waals surface area contributed by atoms with Gasteiger partial charge in [-0.1, -0.05) is 5.16 Å². The predicted octanol–water partition coefficient (Wildman–Crippen LogP) is 1.09. The third-order valence-electron chi connectivity index (χ3n) is 6.74. The van der Waals surface area contributed by atoms with Gasteiger partial charge in [0.05, 0.1) is 17.7 Å². The van der Waals surface area contributed by atoms with E-state index in [1.807, 2.05) is 4.90 Å². The van der Waals surface area contributed by atoms with E-state index in [1.54, 1.807) is 31.8 Å². The zero-order valence-electron chi connectivity index (χ0n) is 19.9. The van der Waals surface area contributed by atoms with Crippen molar-refractivity contribution in [3.63, 3.8) is 0 Å². The van der Waals surface area contributed by atoms with E-state index < -0.39 is 10.0 Å². The second kappa shape index (κ2) is 9.87. The van der Waals surface area contributed by atoms with Crippen molar-refractivity contribution in [3.8, 4) is 0 Å². The molecular formula is C22H32N6O5S. The van der Waals surface area contributed by atoms with E-state index in [1.165, 1.54) is 10.5 Å². The normalized spacial score (nSPS) is 20.4. The molecule has 2 aliphatic rings. The summed E-state index contributed by atoms with van der Waals surface area (Å²) >= 11 is 0. The molecule has 4 heterocycles. The highest BCUT2D eigenvalue weighted by Crippen LogP contribution is 2.29. The highest BCUT2D eigenvalue weighted by Gasteiger charge is 2.38. The van der Waals surface area contributed by atoms with Crippen LogP contribution in [0.5, 0.6) is 0 Å². The van der Waals surface area contributed by atoms with Gasteiger partial charge in [-0.2, -0.15) is 9.40 Å². The van der Waals surface area contributed by atoms with Crippen molar-refractivity contribution < 1.29 is 22.5 Å². The van der Waals surface area contributed by atoms with Gasteiger partial charge >= 0.3 is 0 Å². The average molecular weight is 493 g/mol. The molecule has 2 aromatic heterocycles. The molecule has 0 aromatic carbocycles. The summed E-state index contributed by atoms with van der Waals surface area (Å²) in [5.74, 6) is 0.0758. The summed E-state index contributed by atoms with van der Waals surface area (Å²) in [5, 5.41) is 10.7. The van der Waals surface area contributed by atoms with E-state index in [0.717, 1.165) is 12.8 Å². The quantitative estimate of drug-likeness (QED) is 0.639. The molecule has 11 nitrogen and oxygen atoms in total. The van der Waals surface area contributed by atoms with Crippen molar-refractivity contribution in [1.29, 1.82) is 0 Å². The first kappa shape index (κ1) is 24.4. The number of carbonyl (C=O) groups excluding carboxylic acids is 2. The Kier molecular flexibility index (Phi) is 7.08. The van der Waals surface area contributed by atoms with E-state index in [9.17, 15) is 18.0 Å². The van der Waals surface area contributed by atoms with Gasteiger partial charge < -0.3 is 14.7 Å². The molecule has 34 heavy (non-hydrogen) atoms. The fourth-order valence-electron chi connectivity index (χ4n) is 4.83. The molecule has 0 aliphatic carbocycles. The monoisotopic (exact) mass is 492 g/mol. The first-order chi connectivity index (χ1) is 16.2. The fourth-order valence-corrected chi connectivity index (χ4v) is 6.64. The summed E-state index contributed by atoms with van der Waals surface area (Å²) in [6.07, 6.45) is 6.12. The van der Waals surface area contributed by atoms with Crippen molar-refractivity contribution in [2.45, 2.75) is 44.4 Å². The Hall–Kier alpha value is -2.73. The number of aromatic nitrogens is 3. The van der Waals surface area contributed by atoms with Crippen LogP contribution in [0.15, 0.2) is 21.8 Å². The summed E-state index contributed by atoms with van der Waals surface area (Å²) in [4.78, 5) is 27.4. The van der Waals surface area contributed by atoms with Gasteiger partial charge in [0.2, 0.25) is 15.9 Å². The Bertz CT molecular complexity index is 1130. The van der Waals surface area contributed by atoms with Crippen molar-refractivity contribution in [1.82, 2.24) is 29.5 Å². The maximum atomic E-state index is 13.2. The number of likely N-dealkylation sites (tertiary alicyclic amines) is 1. The van der Waals surface area contributed by atoms with Crippen molar-refractivity contribution in [3.05, 3.63) is 29.4 Å². The number of nitrogens with one attached hydrogen (secondary N) is 1. The Morgan fingerprint density at radius 1 is 1.18 bits per heavy atom. The minimum absolute atomic E-state index is 0.0107. The Labute approximate surface area is 199 Å². The second-order valence-electron chi connectivity index (χ2n) is 9.24. The Morgan fingerprint density at radius 3 is 2.53 bits per heavy atom. The summed E-state index contributed by atoms with van der Waals surface area (Å²) in [7, 11) is -2.00. The lowest BCUT2D eigenvalue weighted by molar-refractivity contribution is -0.138. The molecule has 2 aromatic rings. The van der Waals surface area contributed by atoms with Crippen LogP contribution in [-0.2, 0) is 21.9 Å². The van der Waals surface area contributed by atoms with Gasteiger partial charge in [0.1, 0.15) is 10.6 Å². The van der Waals surface area contributed by atoms with Gasteiger partial charge in [-0.05, 0) is 45.4 Å². The maximum Gasteiger partial charge on any atom is 0.254 e.